The van der Waals surface area contributed by atoms with E-state index in [0.717, 1.165) is 5.56 Å². The van der Waals surface area contributed by atoms with Gasteiger partial charge in [0.05, 0.1) is 16.2 Å². The number of anilines is 1. The third-order valence-corrected chi connectivity index (χ3v) is 4.89. The minimum atomic E-state index is -0.367. The Hall–Kier alpha value is -3.03. The molecule has 0 aliphatic heterocycles. The lowest BCUT2D eigenvalue weighted by atomic mass is 10.1. The number of thiazole rings is 1. The quantitative estimate of drug-likeness (QED) is 0.523. The van der Waals surface area contributed by atoms with Crippen molar-refractivity contribution in [1.82, 2.24) is 14.8 Å². The fourth-order valence-corrected chi connectivity index (χ4v) is 3.45. The van der Waals surface area contributed by atoms with E-state index in [1.807, 2.05) is 18.2 Å². The van der Waals surface area contributed by atoms with Crippen molar-refractivity contribution in [2.75, 3.05) is 5.32 Å². The zero-order valence-corrected chi connectivity index (χ0v) is 15.3. The van der Waals surface area contributed by atoms with Gasteiger partial charge in [0.15, 0.2) is 5.69 Å². The van der Waals surface area contributed by atoms with Crippen molar-refractivity contribution < 1.29 is 9.18 Å². The molecule has 134 valence electrons. The minimum Gasteiger partial charge on any atom is -0.310 e. The highest BCUT2D eigenvalue weighted by atomic mass is 35.5. The van der Waals surface area contributed by atoms with Crippen LogP contribution in [0.3, 0.4) is 0 Å². The van der Waals surface area contributed by atoms with Crippen molar-refractivity contribution >= 4 is 33.8 Å². The predicted octanol–water partition coefficient (Wildman–Crippen LogP) is 5.04. The van der Waals surface area contributed by atoms with Gasteiger partial charge in [-0.25, -0.2) is 14.1 Å². The minimum absolute atomic E-state index is 0.244. The van der Waals surface area contributed by atoms with E-state index in [1.54, 1.807) is 40.7 Å². The first kappa shape index (κ1) is 17.4. The zero-order valence-electron chi connectivity index (χ0n) is 13.8. The molecule has 0 aliphatic carbocycles. The molecule has 5 nitrogen and oxygen atoms in total. The molecule has 0 bridgehead atoms. The lowest BCUT2D eigenvalue weighted by Gasteiger charge is -2.05. The van der Waals surface area contributed by atoms with Gasteiger partial charge in [-0.2, -0.15) is 5.10 Å². The summed E-state index contributed by atoms with van der Waals surface area (Å²) < 4.78 is 14.7. The second-order valence-electron chi connectivity index (χ2n) is 5.59. The lowest BCUT2D eigenvalue weighted by Crippen LogP contribution is -2.13. The molecule has 4 rings (SSSR count). The van der Waals surface area contributed by atoms with Crippen LogP contribution in [0.15, 0.2) is 66.3 Å². The fraction of sp³-hybridized carbons (Fsp3) is 0. The number of amides is 1. The largest absolute Gasteiger partial charge is 0.310 e. The van der Waals surface area contributed by atoms with E-state index in [9.17, 15) is 9.18 Å². The molecule has 0 spiro atoms. The Bertz CT molecular complexity index is 1110. The first-order chi connectivity index (χ1) is 13.1. The van der Waals surface area contributed by atoms with E-state index < -0.39 is 0 Å². The highest BCUT2D eigenvalue weighted by molar-refractivity contribution is 7.14. The van der Waals surface area contributed by atoms with Gasteiger partial charge in [0.1, 0.15) is 16.5 Å². The van der Waals surface area contributed by atoms with Crippen LogP contribution in [-0.4, -0.2) is 20.7 Å². The molecule has 0 radical (unpaired) electrons. The number of benzene rings is 2. The summed E-state index contributed by atoms with van der Waals surface area (Å²) in [6.07, 6.45) is 1.67. The van der Waals surface area contributed by atoms with Crippen LogP contribution in [0.5, 0.6) is 0 Å². The van der Waals surface area contributed by atoms with Crippen LogP contribution in [0.2, 0.25) is 5.02 Å². The predicted molar refractivity (Wildman–Crippen MR) is 104 cm³/mol. The molecular weight excluding hydrogens is 387 g/mol. The maximum atomic E-state index is 13.1. The Labute approximate surface area is 163 Å². The first-order valence-corrected chi connectivity index (χ1v) is 9.19. The molecule has 27 heavy (non-hydrogen) atoms. The molecule has 0 saturated carbocycles. The molecule has 2 aromatic carbocycles. The first-order valence-electron chi connectivity index (χ1n) is 7.93. The van der Waals surface area contributed by atoms with Gasteiger partial charge in [0, 0.05) is 11.8 Å². The van der Waals surface area contributed by atoms with Gasteiger partial charge in [0.2, 0.25) is 0 Å². The van der Waals surface area contributed by atoms with Crippen molar-refractivity contribution in [2.45, 2.75) is 0 Å². The molecule has 0 fully saturated rings. The molecular formula is C19H12ClFN4OS. The number of hydrogen-bond acceptors (Lipinski definition) is 4. The Kier molecular flexibility index (Phi) is 4.70. The van der Waals surface area contributed by atoms with E-state index in [-0.39, 0.29) is 17.4 Å². The maximum absolute atomic E-state index is 13.1. The summed E-state index contributed by atoms with van der Waals surface area (Å²) in [5.74, 6) is -0.696. The lowest BCUT2D eigenvalue weighted by molar-refractivity contribution is 0.102. The van der Waals surface area contributed by atoms with E-state index in [2.05, 4.69) is 15.4 Å². The van der Waals surface area contributed by atoms with Crippen LogP contribution in [0.4, 0.5) is 9.39 Å². The normalized spacial score (nSPS) is 10.7. The number of carbonyl (C=O) groups excluding carboxylic acids is 1. The van der Waals surface area contributed by atoms with Gasteiger partial charge >= 0.3 is 0 Å². The summed E-state index contributed by atoms with van der Waals surface area (Å²) in [4.78, 5) is 16.8. The number of aromatic nitrogens is 3. The van der Waals surface area contributed by atoms with Crippen LogP contribution >= 0.6 is 22.9 Å². The van der Waals surface area contributed by atoms with Gasteiger partial charge in [-0.3, -0.25) is 4.79 Å². The summed E-state index contributed by atoms with van der Waals surface area (Å²) >= 11 is 7.45. The highest BCUT2D eigenvalue weighted by Crippen LogP contribution is 2.30. The van der Waals surface area contributed by atoms with Gasteiger partial charge in [-0.05, 0) is 42.5 Å². The monoisotopic (exact) mass is 398 g/mol. The molecule has 4 aromatic rings. The second kappa shape index (κ2) is 7.30. The van der Waals surface area contributed by atoms with Crippen LogP contribution in [0, 0.1) is 5.82 Å². The summed E-state index contributed by atoms with van der Waals surface area (Å²) in [5, 5.41) is 8.21. The Balaban J connectivity index is 1.57. The number of rotatable bonds is 4. The van der Waals surface area contributed by atoms with Crippen LogP contribution in [-0.2, 0) is 0 Å². The Morgan fingerprint density at radius 2 is 1.89 bits per heavy atom. The maximum Gasteiger partial charge on any atom is 0.276 e. The van der Waals surface area contributed by atoms with Gasteiger partial charge < -0.3 is 5.32 Å². The summed E-state index contributed by atoms with van der Waals surface area (Å²) in [6.45, 7) is 0. The molecule has 8 heteroatoms. The number of carbonyl (C=O) groups is 1. The van der Waals surface area contributed by atoms with Crippen molar-refractivity contribution in [1.29, 1.82) is 0 Å². The van der Waals surface area contributed by atoms with Crippen LogP contribution in [0.25, 0.3) is 16.9 Å². The van der Waals surface area contributed by atoms with E-state index in [0.29, 0.717) is 21.4 Å². The van der Waals surface area contributed by atoms with Crippen molar-refractivity contribution in [3.63, 3.8) is 0 Å². The third-order valence-electron chi connectivity index (χ3n) is 3.83. The zero-order chi connectivity index (χ0) is 18.8. The fourth-order valence-electron chi connectivity index (χ4n) is 2.53. The molecule has 0 atom stereocenters. The SMILES string of the molecule is O=C(Nc1scnc1-c1ccc(F)cc1)c1ccn(-c2ccccc2Cl)n1. The third kappa shape index (κ3) is 3.60. The number of para-hydroxylation sites is 1. The van der Waals surface area contributed by atoms with Gasteiger partial charge in [0.25, 0.3) is 5.91 Å². The molecule has 0 aliphatic rings. The summed E-state index contributed by atoms with van der Waals surface area (Å²) in [7, 11) is 0. The molecule has 2 aromatic heterocycles. The van der Waals surface area contributed by atoms with Crippen molar-refractivity contribution in [3.05, 3.63) is 82.8 Å². The van der Waals surface area contributed by atoms with E-state index in [4.69, 9.17) is 11.6 Å². The van der Waals surface area contributed by atoms with Gasteiger partial charge in [-0.1, -0.05) is 23.7 Å². The Morgan fingerprint density at radius 1 is 1.11 bits per heavy atom. The number of nitrogens with zero attached hydrogens (tertiary/aromatic N) is 3. The van der Waals surface area contributed by atoms with Crippen LogP contribution < -0.4 is 5.32 Å². The molecule has 1 amide bonds. The highest BCUT2D eigenvalue weighted by Gasteiger charge is 2.16. The topological polar surface area (TPSA) is 59.8 Å². The average molecular weight is 399 g/mol. The standard InChI is InChI=1S/C19H12ClFN4OS/c20-14-3-1-2-4-16(14)25-10-9-15(24-25)18(26)23-19-17(22-11-27-19)12-5-7-13(21)8-6-12/h1-11H,(H,23,26). The van der Waals surface area contributed by atoms with E-state index in [1.165, 1.54) is 23.5 Å². The smallest absolute Gasteiger partial charge is 0.276 e. The molecule has 0 saturated heterocycles. The number of halogens is 2. The molecule has 2 heterocycles. The van der Waals surface area contributed by atoms with Crippen molar-refractivity contribution in [3.8, 4) is 16.9 Å². The van der Waals surface area contributed by atoms with Crippen LogP contribution in [0.1, 0.15) is 10.5 Å². The Morgan fingerprint density at radius 3 is 2.67 bits per heavy atom. The molecule has 0 unspecified atom stereocenters. The number of nitrogens with one attached hydrogen (secondary N) is 1. The second-order valence-corrected chi connectivity index (χ2v) is 6.85. The summed E-state index contributed by atoms with van der Waals surface area (Å²) in [6, 6.07) is 14.8. The van der Waals surface area contributed by atoms with Crippen molar-refractivity contribution in [2.24, 2.45) is 0 Å². The summed E-state index contributed by atoms with van der Waals surface area (Å²) in [5.41, 5.74) is 3.85. The molecule has 1 N–H and O–H groups in total. The van der Waals surface area contributed by atoms with E-state index >= 15 is 0 Å². The average Bonchev–Trinajstić information content (AvgIpc) is 3.32. The van der Waals surface area contributed by atoms with Gasteiger partial charge in [-0.15, -0.1) is 11.3 Å². The number of hydrogen-bond donors (Lipinski definition) is 1.